The molecule has 3 aliphatic heterocycles. The van der Waals surface area contributed by atoms with Crippen LogP contribution >= 0.6 is 11.8 Å². The van der Waals surface area contributed by atoms with Crippen molar-refractivity contribution >= 4 is 35.5 Å². The summed E-state index contributed by atoms with van der Waals surface area (Å²) in [6, 6.07) is -1.19. The number of thioether (sulfide) groups is 1. The van der Waals surface area contributed by atoms with Crippen LogP contribution in [0.1, 0.15) is 32.0 Å². The maximum absolute atomic E-state index is 13.1. The Bertz CT molecular complexity index is 1120. The van der Waals surface area contributed by atoms with Crippen LogP contribution in [0.25, 0.3) is 0 Å². The molecule has 0 aromatic carbocycles. The lowest BCUT2D eigenvalue weighted by Crippen LogP contribution is -2.66. The van der Waals surface area contributed by atoms with Crippen molar-refractivity contribution in [2.45, 2.75) is 56.6 Å². The Labute approximate surface area is 218 Å². The van der Waals surface area contributed by atoms with Crippen LogP contribution in [0, 0.1) is 11.8 Å². The van der Waals surface area contributed by atoms with E-state index in [0.717, 1.165) is 0 Å². The number of nitrogens with zero attached hydrogens (tertiary/aromatic N) is 4. The molecule has 2 fully saturated rings. The number of carbonyl (C=O) groups is 4. The minimum absolute atomic E-state index is 0.00674. The number of carboxylic acids is 1. The van der Waals surface area contributed by atoms with Gasteiger partial charge in [0, 0.05) is 42.8 Å². The largest absolute Gasteiger partial charge is 0.477 e. The highest BCUT2D eigenvalue weighted by atomic mass is 32.2. The van der Waals surface area contributed by atoms with Crippen molar-refractivity contribution in [2.75, 3.05) is 27.7 Å². The summed E-state index contributed by atoms with van der Waals surface area (Å²) in [7, 11) is 5.14. The average molecular weight is 536 g/mol. The van der Waals surface area contributed by atoms with Crippen LogP contribution < -0.4 is 16.0 Å². The van der Waals surface area contributed by atoms with Crippen LogP contribution in [0.4, 0.5) is 0 Å². The number of aliphatic carboxylic acids is 1. The number of carboxylic acid groups (broad SMARTS) is 1. The van der Waals surface area contributed by atoms with Gasteiger partial charge in [0.15, 0.2) is 0 Å². The summed E-state index contributed by atoms with van der Waals surface area (Å²) in [4.78, 5) is 53.8. The molecular weight excluding hydrogens is 502 g/mol. The first-order valence-corrected chi connectivity index (χ1v) is 13.1. The standard InChI is InChI=1S/C23H33N7O6S/c1-10-18-17(11(2)26-14(31)7-15-27-28-16(36-15)9-24-3)22(33)30(18)19(23(34)35)20(10)37-12-6-13(25-8-12)21(32)29(4)5/h10-13,17-18,24-25H,6-9H2,1-5H3,(H,26,31)(H,34,35)/t10-,11?,12+,13+,17-,18-/m1/s1. The molecule has 2 saturated heterocycles. The van der Waals surface area contributed by atoms with Gasteiger partial charge in [-0.1, -0.05) is 6.92 Å². The van der Waals surface area contributed by atoms with Gasteiger partial charge < -0.3 is 35.3 Å². The molecule has 0 aliphatic carbocycles. The number of fused-ring (bicyclic) bond motifs is 1. The van der Waals surface area contributed by atoms with E-state index in [0.29, 0.717) is 30.3 Å². The normalized spacial score (nSPS) is 27.6. The highest BCUT2D eigenvalue weighted by molar-refractivity contribution is 8.03. The number of rotatable bonds is 10. The van der Waals surface area contributed by atoms with Gasteiger partial charge >= 0.3 is 5.97 Å². The zero-order valence-electron chi connectivity index (χ0n) is 21.5. The predicted octanol–water partition coefficient (Wildman–Crippen LogP) is -0.839. The zero-order chi connectivity index (χ0) is 27.0. The molecule has 1 aromatic heterocycles. The van der Waals surface area contributed by atoms with E-state index in [4.69, 9.17) is 4.42 Å². The maximum atomic E-state index is 13.1. The summed E-state index contributed by atoms with van der Waals surface area (Å²) in [5.74, 6) is -2.08. The molecule has 202 valence electrons. The number of hydrogen-bond donors (Lipinski definition) is 4. The number of hydrogen-bond acceptors (Lipinski definition) is 10. The lowest BCUT2D eigenvalue weighted by Gasteiger charge is -2.47. The molecule has 1 unspecified atom stereocenters. The average Bonchev–Trinajstić information content (AvgIpc) is 3.52. The molecule has 6 atom stereocenters. The third-order valence-corrected chi connectivity index (χ3v) is 8.50. The highest BCUT2D eigenvalue weighted by Gasteiger charge is 2.60. The van der Waals surface area contributed by atoms with Crippen molar-refractivity contribution in [3.63, 3.8) is 0 Å². The fourth-order valence-electron chi connectivity index (χ4n) is 5.28. The molecular formula is C23H33N7O6S. The Morgan fingerprint density at radius 3 is 2.65 bits per heavy atom. The van der Waals surface area contributed by atoms with Crippen LogP contribution in [0.15, 0.2) is 15.0 Å². The molecule has 1 aromatic rings. The van der Waals surface area contributed by atoms with E-state index in [1.165, 1.54) is 21.6 Å². The van der Waals surface area contributed by atoms with Crippen LogP contribution in [-0.2, 0) is 32.1 Å². The molecule has 0 saturated carbocycles. The molecule has 4 heterocycles. The summed E-state index contributed by atoms with van der Waals surface area (Å²) < 4.78 is 5.41. The van der Waals surface area contributed by atoms with Crippen molar-refractivity contribution < 1.29 is 28.7 Å². The third kappa shape index (κ3) is 5.22. The van der Waals surface area contributed by atoms with Crippen LogP contribution in [0.3, 0.4) is 0 Å². The first-order valence-electron chi connectivity index (χ1n) is 12.2. The number of carbonyl (C=O) groups excluding carboxylic acids is 3. The first-order chi connectivity index (χ1) is 17.5. The summed E-state index contributed by atoms with van der Waals surface area (Å²) in [5.41, 5.74) is 0.00702. The predicted molar refractivity (Wildman–Crippen MR) is 133 cm³/mol. The second kappa shape index (κ2) is 10.8. The van der Waals surface area contributed by atoms with Gasteiger partial charge in [0.05, 0.1) is 24.5 Å². The number of likely N-dealkylation sites (N-methyl/N-ethyl adjacent to an activating group) is 1. The number of nitrogens with one attached hydrogen (secondary N) is 3. The van der Waals surface area contributed by atoms with Crippen LogP contribution in [-0.4, -0.2) is 99.9 Å². The van der Waals surface area contributed by atoms with E-state index in [9.17, 15) is 24.3 Å². The summed E-state index contributed by atoms with van der Waals surface area (Å²) in [6.45, 7) is 4.61. The van der Waals surface area contributed by atoms with Crippen molar-refractivity contribution in [1.82, 2.24) is 35.9 Å². The quantitative estimate of drug-likeness (QED) is 0.276. The van der Waals surface area contributed by atoms with Gasteiger partial charge in [-0.15, -0.1) is 22.0 Å². The van der Waals surface area contributed by atoms with Crippen molar-refractivity contribution in [1.29, 1.82) is 0 Å². The van der Waals surface area contributed by atoms with Crippen molar-refractivity contribution in [3.8, 4) is 0 Å². The molecule has 0 radical (unpaired) electrons. The molecule has 14 heteroatoms. The molecule has 13 nitrogen and oxygen atoms in total. The number of aromatic nitrogens is 2. The Morgan fingerprint density at radius 1 is 1.30 bits per heavy atom. The second-order valence-corrected chi connectivity index (χ2v) is 11.2. The Hall–Kier alpha value is -2.97. The molecule has 3 aliphatic rings. The minimum atomic E-state index is -1.15. The Morgan fingerprint density at radius 2 is 2.00 bits per heavy atom. The summed E-state index contributed by atoms with van der Waals surface area (Å²) >= 11 is 1.43. The number of β-lactam (4-membered cyclic amide) rings is 1. The molecule has 0 spiro atoms. The molecule has 0 bridgehead atoms. The minimum Gasteiger partial charge on any atom is -0.477 e. The van der Waals surface area contributed by atoms with Crippen molar-refractivity contribution in [3.05, 3.63) is 22.4 Å². The van der Waals surface area contributed by atoms with Crippen molar-refractivity contribution in [2.24, 2.45) is 11.8 Å². The van der Waals surface area contributed by atoms with E-state index >= 15 is 0 Å². The fraction of sp³-hybridized carbons (Fsp3) is 0.652. The van der Waals surface area contributed by atoms with Gasteiger partial charge in [-0.3, -0.25) is 14.4 Å². The molecule has 37 heavy (non-hydrogen) atoms. The monoisotopic (exact) mass is 535 g/mol. The van der Waals surface area contributed by atoms with Gasteiger partial charge in [-0.2, -0.15) is 0 Å². The van der Waals surface area contributed by atoms with Crippen LogP contribution in [0.5, 0.6) is 0 Å². The molecule has 4 rings (SSSR count). The topological polar surface area (TPSA) is 170 Å². The Balaban J connectivity index is 1.41. The second-order valence-electron chi connectivity index (χ2n) is 9.85. The molecule has 4 N–H and O–H groups in total. The van der Waals surface area contributed by atoms with Gasteiger partial charge in [0.2, 0.25) is 29.5 Å². The van der Waals surface area contributed by atoms with E-state index < -0.39 is 17.9 Å². The lowest BCUT2D eigenvalue weighted by atomic mass is 9.78. The van der Waals surface area contributed by atoms with Gasteiger partial charge in [0.25, 0.3) is 0 Å². The fourth-order valence-corrected chi connectivity index (χ4v) is 6.76. The summed E-state index contributed by atoms with van der Waals surface area (Å²) in [5, 5.41) is 26.6. The van der Waals surface area contributed by atoms with Crippen LogP contribution in [0.2, 0.25) is 0 Å². The van der Waals surface area contributed by atoms with E-state index in [1.807, 2.05) is 6.92 Å². The first kappa shape index (κ1) is 27.1. The highest BCUT2D eigenvalue weighted by Crippen LogP contribution is 2.51. The van der Waals surface area contributed by atoms with Gasteiger partial charge in [0.1, 0.15) is 12.1 Å². The summed E-state index contributed by atoms with van der Waals surface area (Å²) in [6.07, 6.45) is 0.456. The van der Waals surface area contributed by atoms with E-state index in [2.05, 4.69) is 26.1 Å². The SMILES string of the molecule is CNCc1nnc(CC(=O)NC(C)[C@H]2C(=O)N3C(C(=O)O)=C(S[C@@H]4CN[C@H](C(=O)N(C)C)C4)[C@H](C)[C@H]23)o1. The number of amides is 3. The van der Waals surface area contributed by atoms with Gasteiger partial charge in [-0.05, 0) is 20.4 Å². The van der Waals surface area contributed by atoms with E-state index in [-0.39, 0.29) is 59.0 Å². The molecule has 3 amide bonds. The Kier molecular flexibility index (Phi) is 7.90. The maximum Gasteiger partial charge on any atom is 0.353 e. The van der Waals surface area contributed by atoms with E-state index in [1.54, 1.807) is 28.1 Å². The third-order valence-electron chi connectivity index (χ3n) is 6.99. The lowest BCUT2D eigenvalue weighted by molar-refractivity contribution is -0.158. The zero-order valence-corrected chi connectivity index (χ0v) is 22.3. The smallest absolute Gasteiger partial charge is 0.353 e. The van der Waals surface area contributed by atoms with Gasteiger partial charge in [-0.25, -0.2) is 4.79 Å².